The molecular formula is C18H20N2O. The standard InChI is InChI=1S/C18H20N2O/c1-20-12-10-15-13-16(7-8-17(15)20)18(21)19-11-9-14-5-3-2-4-6-14/h2-8,13H,9-12H2,1H3,(H,19,21). The smallest absolute Gasteiger partial charge is 0.251 e. The highest BCUT2D eigenvalue weighted by Gasteiger charge is 2.17. The number of benzene rings is 2. The fraction of sp³-hybridized carbons (Fsp3) is 0.278. The maximum atomic E-state index is 12.2. The van der Waals surface area contributed by atoms with E-state index in [0.717, 1.165) is 24.9 Å². The fourth-order valence-corrected chi connectivity index (χ4v) is 2.78. The van der Waals surface area contributed by atoms with Crippen LogP contribution in [0.3, 0.4) is 0 Å². The van der Waals surface area contributed by atoms with Gasteiger partial charge in [0.2, 0.25) is 0 Å². The van der Waals surface area contributed by atoms with E-state index in [-0.39, 0.29) is 5.91 Å². The molecule has 3 nitrogen and oxygen atoms in total. The van der Waals surface area contributed by atoms with E-state index in [2.05, 4.69) is 35.5 Å². The van der Waals surface area contributed by atoms with Crippen molar-refractivity contribution in [1.82, 2.24) is 5.32 Å². The number of rotatable bonds is 4. The molecule has 21 heavy (non-hydrogen) atoms. The predicted octanol–water partition coefficient (Wildman–Crippen LogP) is 2.65. The maximum Gasteiger partial charge on any atom is 0.251 e. The second-order valence-electron chi connectivity index (χ2n) is 5.51. The zero-order valence-electron chi connectivity index (χ0n) is 12.3. The third kappa shape index (κ3) is 3.07. The van der Waals surface area contributed by atoms with E-state index in [0.29, 0.717) is 6.54 Å². The first-order chi connectivity index (χ1) is 10.2. The van der Waals surface area contributed by atoms with Crippen LogP contribution in [-0.2, 0) is 12.8 Å². The molecule has 0 atom stereocenters. The Morgan fingerprint density at radius 1 is 1.19 bits per heavy atom. The van der Waals surface area contributed by atoms with Crippen molar-refractivity contribution in [2.24, 2.45) is 0 Å². The number of nitrogens with one attached hydrogen (secondary N) is 1. The molecule has 1 amide bonds. The largest absolute Gasteiger partial charge is 0.374 e. The van der Waals surface area contributed by atoms with Gasteiger partial charge >= 0.3 is 0 Å². The van der Waals surface area contributed by atoms with Crippen molar-refractivity contribution in [3.8, 4) is 0 Å². The second-order valence-corrected chi connectivity index (χ2v) is 5.51. The first-order valence-electron chi connectivity index (χ1n) is 7.40. The Labute approximate surface area is 125 Å². The van der Waals surface area contributed by atoms with Crippen molar-refractivity contribution in [2.75, 3.05) is 25.0 Å². The second kappa shape index (κ2) is 6.00. The van der Waals surface area contributed by atoms with E-state index in [1.807, 2.05) is 30.3 Å². The van der Waals surface area contributed by atoms with E-state index in [9.17, 15) is 4.79 Å². The highest BCUT2D eigenvalue weighted by atomic mass is 16.1. The van der Waals surface area contributed by atoms with Crippen molar-refractivity contribution in [2.45, 2.75) is 12.8 Å². The highest BCUT2D eigenvalue weighted by molar-refractivity contribution is 5.95. The number of anilines is 1. The molecule has 1 N–H and O–H groups in total. The van der Waals surface area contributed by atoms with Gasteiger partial charge < -0.3 is 10.2 Å². The first kappa shape index (κ1) is 13.7. The van der Waals surface area contributed by atoms with Gasteiger partial charge in [0.15, 0.2) is 0 Å². The van der Waals surface area contributed by atoms with Crippen molar-refractivity contribution >= 4 is 11.6 Å². The third-order valence-electron chi connectivity index (χ3n) is 4.01. The molecule has 2 aromatic carbocycles. The van der Waals surface area contributed by atoms with Crippen molar-refractivity contribution in [3.05, 3.63) is 65.2 Å². The van der Waals surface area contributed by atoms with Gasteiger partial charge in [-0.2, -0.15) is 0 Å². The summed E-state index contributed by atoms with van der Waals surface area (Å²) in [5.41, 5.74) is 4.52. The van der Waals surface area contributed by atoms with E-state index in [1.54, 1.807) is 0 Å². The molecule has 0 unspecified atom stereocenters. The van der Waals surface area contributed by atoms with Gasteiger partial charge in [-0.3, -0.25) is 4.79 Å². The van der Waals surface area contributed by atoms with Gasteiger partial charge in [-0.05, 0) is 42.2 Å². The molecule has 0 aliphatic carbocycles. The van der Waals surface area contributed by atoms with E-state index >= 15 is 0 Å². The van der Waals surface area contributed by atoms with Gasteiger partial charge in [-0.1, -0.05) is 30.3 Å². The SMILES string of the molecule is CN1CCc2cc(C(=O)NCCc3ccccc3)ccc21. The van der Waals surface area contributed by atoms with Crippen LogP contribution in [0.15, 0.2) is 48.5 Å². The van der Waals surface area contributed by atoms with E-state index in [1.165, 1.54) is 16.8 Å². The first-order valence-corrected chi connectivity index (χ1v) is 7.40. The summed E-state index contributed by atoms with van der Waals surface area (Å²) in [7, 11) is 2.09. The van der Waals surface area contributed by atoms with Gasteiger partial charge in [0, 0.05) is 31.4 Å². The van der Waals surface area contributed by atoms with Crippen LogP contribution in [0.4, 0.5) is 5.69 Å². The van der Waals surface area contributed by atoms with Crippen LogP contribution in [0.2, 0.25) is 0 Å². The Morgan fingerprint density at radius 2 is 2.00 bits per heavy atom. The fourth-order valence-electron chi connectivity index (χ4n) is 2.78. The Morgan fingerprint density at radius 3 is 2.81 bits per heavy atom. The molecule has 0 spiro atoms. The van der Waals surface area contributed by atoms with Crippen LogP contribution in [0.1, 0.15) is 21.5 Å². The van der Waals surface area contributed by atoms with Crippen molar-refractivity contribution in [3.63, 3.8) is 0 Å². The number of amides is 1. The number of hydrogen-bond donors (Lipinski definition) is 1. The summed E-state index contributed by atoms with van der Waals surface area (Å²) < 4.78 is 0. The number of carbonyl (C=O) groups is 1. The van der Waals surface area contributed by atoms with Crippen LogP contribution >= 0.6 is 0 Å². The summed E-state index contributed by atoms with van der Waals surface area (Å²) in [5, 5.41) is 3.00. The Hall–Kier alpha value is -2.29. The number of fused-ring (bicyclic) bond motifs is 1. The maximum absolute atomic E-state index is 12.2. The average molecular weight is 280 g/mol. The topological polar surface area (TPSA) is 32.3 Å². The lowest BCUT2D eigenvalue weighted by atomic mass is 10.1. The van der Waals surface area contributed by atoms with Crippen LogP contribution in [0.5, 0.6) is 0 Å². The number of nitrogens with zero attached hydrogens (tertiary/aromatic N) is 1. The molecular weight excluding hydrogens is 260 g/mol. The normalized spacial score (nSPS) is 13.1. The average Bonchev–Trinajstić information content (AvgIpc) is 2.89. The molecule has 1 heterocycles. The van der Waals surface area contributed by atoms with Gasteiger partial charge in [0.25, 0.3) is 5.91 Å². The van der Waals surface area contributed by atoms with Crippen LogP contribution in [0.25, 0.3) is 0 Å². The van der Waals surface area contributed by atoms with E-state index in [4.69, 9.17) is 0 Å². The minimum absolute atomic E-state index is 0.0169. The Balaban J connectivity index is 1.59. The lowest BCUT2D eigenvalue weighted by molar-refractivity contribution is 0.0954. The molecule has 0 fully saturated rings. The Bertz CT molecular complexity index is 637. The summed E-state index contributed by atoms with van der Waals surface area (Å²) in [6.45, 7) is 1.70. The Kier molecular flexibility index (Phi) is 3.91. The number of hydrogen-bond acceptors (Lipinski definition) is 2. The summed E-state index contributed by atoms with van der Waals surface area (Å²) in [5.74, 6) is 0.0169. The minimum Gasteiger partial charge on any atom is -0.374 e. The van der Waals surface area contributed by atoms with Crippen molar-refractivity contribution < 1.29 is 4.79 Å². The predicted molar refractivity (Wildman–Crippen MR) is 85.9 cm³/mol. The third-order valence-corrected chi connectivity index (χ3v) is 4.01. The van der Waals surface area contributed by atoms with Gasteiger partial charge in [-0.15, -0.1) is 0 Å². The van der Waals surface area contributed by atoms with Gasteiger partial charge in [0.1, 0.15) is 0 Å². The van der Waals surface area contributed by atoms with Crippen LogP contribution in [-0.4, -0.2) is 26.0 Å². The molecule has 0 aromatic heterocycles. The summed E-state index contributed by atoms with van der Waals surface area (Å²) in [6, 6.07) is 16.2. The zero-order chi connectivity index (χ0) is 14.7. The zero-order valence-corrected chi connectivity index (χ0v) is 12.3. The lowest BCUT2D eigenvalue weighted by Crippen LogP contribution is -2.25. The molecule has 0 saturated heterocycles. The molecule has 0 radical (unpaired) electrons. The molecule has 0 bridgehead atoms. The monoisotopic (exact) mass is 280 g/mol. The number of carbonyl (C=O) groups excluding carboxylic acids is 1. The van der Waals surface area contributed by atoms with Crippen molar-refractivity contribution in [1.29, 1.82) is 0 Å². The summed E-state index contributed by atoms with van der Waals surface area (Å²) in [4.78, 5) is 14.4. The molecule has 3 rings (SSSR count). The quantitative estimate of drug-likeness (QED) is 0.934. The van der Waals surface area contributed by atoms with Crippen LogP contribution in [0, 0.1) is 0 Å². The molecule has 1 aliphatic heterocycles. The number of likely N-dealkylation sites (N-methyl/N-ethyl adjacent to an activating group) is 1. The highest BCUT2D eigenvalue weighted by Crippen LogP contribution is 2.27. The summed E-state index contributed by atoms with van der Waals surface area (Å²) in [6.07, 6.45) is 1.89. The molecule has 3 heteroatoms. The molecule has 0 saturated carbocycles. The minimum atomic E-state index is 0.0169. The lowest BCUT2D eigenvalue weighted by Gasteiger charge is -2.12. The van der Waals surface area contributed by atoms with E-state index < -0.39 is 0 Å². The van der Waals surface area contributed by atoms with Gasteiger partial charge in [0.05, 0.1) is 0 Å². The van der Waals surface area contributed by atoms with Crippen LogP contribution < -0.4 is 10.2 Å². The van der Waals surface area contributed by atoms with Gasteiger partial charge in [-0.25, -0.2) is 0 Å². The molecule has 2 aromatic rings. The summed E-state index contributed by atoms with van der Waals surface area (Å²) >= 11 is 0. The molecule has 1 aliphatic rings. The molecule has 108 valence electrons.